The zero-order valence-electron chi connectivity index (χ0n) is 13.4. The number of rotatable bonds is 1. The molecule has 0 radical (unpaired) electrons. The van der Waals surface area contributed by atoms with Crippen molar-refractivity contribution in [1.82, 2.24) is 9.88 Å². The number of nitrogens with zero attached hydrogens (tertiary/aromatic N) is 2. The predicted octanol–water partition coefficient (Wildman–Crippen LogP) is 4.13. The van der Waals surface area contributed by atoms with E-state index < -0.39 is 0 Å². The van der Waals surface area contributed by atoms with Gasteiger partial charge >= 0.3 is 0 Å². The molecule has 2 aromatic carbocycles. The van der Waals surface area contributed by atoms with Crippen molar-refractivity contribution in [2.75, 3.05) is 6.54 Å². The highest BCUT2D eigenvalue weighted by Gasteiger charge is 2.29. The Bertz CT molecular complexity index is 938. The average molecular weight is 320 g/mol. The molecule has 1 aromatic heterocycles. The number of hydrogen-bond donors (Lipinski definition) is 0. The fourth-order valence-electron chi connectivity index (χ4n) is 3.39. The normalized spacial score (nSPS) is 16.9. The number of amides is 1. The molecule has 0 saturated heterocycles. The number of pyridine rings is 1. The highest BCUT2D eigenvalue weighted by atomic mass is 19.1. The SMILES string of the molecule is CC1c2cc(F)ccc2CCN1C(=O)c1ccc2ccccc2n1. The van der Waals surface area contributed by atoms with Gasteiger partial charge in [-0.05, 0) is 48.7 Å². The lowest BCUT2D eigenvalue weighted by molar-refractivity contribution is 0.0671. The van der Waals surface area contributed by atoms with E-state index in [-0.39, 0.29) is 17.8 Å². The summed E-state index contributed by atoms with van der Waals surface area (Å²) in [5, 5.41) is 1.01. The van der Waals surface area contributed by atoms with Gasteiger partial charge in [0.1, 0.15) is 11.5 Å². The quantitative estimate of drug-likeness (QED) is 0.675. The van der Waals surface area contributed by atoms with Crippen LogP contribution in [0.25, 0.3) is 10.9 Å². The van der Waals surface area contributed by atoms with Crippen molar-refractivity contribution >= 4 is 16.8 Å². The van der Waals surface area contributed by atoms with Crippen molar-refractivity contribution in [3.05, 3.63) is 77.2 Å². The van der Waals surface area contributed by atoms with Crippen molar-refractivity contribution in [2.24, 2.45) is 0 Å². The minimum Gasteiger partial charge on any atom is -0.330 e. The van der Waals surface area contributed by atoms with Crippen LogP contribution in [-0.4, -0.2) is 22.3 Å². The molecule has 0 spiro atoms. The molecule has 1 aliphatic heterocycles. The van der Waals surface area contributed by atoms with E-state index >= 15 is 0 Å². The molecule has 4 heteroatoms. The monoisotopic (exact) mass is 320 g/mol. The fourth-order valence-corrected chi connectivity index (χ4v) is 3.39. The molecule has 4 rings (SSSR count). The molecule has 1 amide bonds. The summed E-state index contributed by atoms with van der Waals surface area (Å²) >= 11 is 0. The standard InChI is InChI=1S/C20H17FN2O/c1-13-17-12-16(21)8-6-14(17)10-11-23(13)20(24)19-9-7-15-4-2-3-5-18(15)22-19/h2-9,12-13H,10-11H2,1H3. The zero-order chi connectivity index (χ0) is 16.7. The Hall–Kier alpha value is -2.75. The second kappa shape index (κ2) is 5.71. The van der Waals surface area contributed by atoms with Crippen LogP contribution in [0.4, 0.5) is 4.39 Å². The number of hydrogen-bond acceptors (Lipinski definition) is 2. The molecule has 1 unspecified atom stereocenters. The van der Waals surface area contributed by atoms with Crippen LogP contribution in [0.2, 0.25) is 0 Å². The Morgan fingerprint density at radius 3 is 2.88 bits per heavy atom. The molecule has 24 heavy (non-hydrogen) atoms. The number of aromatic nitrogens is 1. The minimum absolute atomic E-state index is 0.108. The fraction of sp³-hybridized carbons (Fsp3) is 0.200. The van der Waals surface area contributed by atoms with Crippen LogP contribution >= 0.6 is 0 Å². The number of halogens is 1. The van der Waals surface area contributed by atoms with E-state index in [1.54, 1.807) is 11.0 Å². The summed E-state index contributed by atoms with van der Waals surface area (Å²) in [4.78, 5) is 19.2. The van der Waals surface area contributed by atoms with Crippen LogP contribution in [0.15, 0.2) is 54.6 Å². The maximum absolute atomic E-state index is 13.6. The van der Waals surface area contributed by atoms with E-state index in [0.717, 1.165) is 28.5 Å². The van der Waals surface area contributed by atoms with E-state index in [4.69, 9.17) is 0 Å². The Morgan fingerprint density at radius 1 is 1.17 bits per heavy atom. The van der Waals surface area contributed by atoms with E-state index in [1.807, 2.05) is 43.3 Å². The third-order valence-electron chi connectivity index (χ3n) is 4.73. The molecular formula is C20H17FN2O. The van der Waals surface area contributed by atoms with Gasteiger partial charge in [0.2, 0.25) is 0 Å². The maximum Gasteiger partial charge on any atom is 0.272 e. The van der Waals surface area contributed by atoms with Gasteiger partial charge in [-0.25, -0.2) is 9.37 Å². The predicted molar refractivity (Wildman–Crippen MR) is 91.3 cm³/mol. The summed E-state index contributed by atoms with van der Waals surface area (Å²) in [6, 6.07) is 16.1. The first-order valence-electron chi connectivity index (χ1n) is 8.08. The van der Waals surface area contributed by atoms with Crippen LogP contribution in [0, 0.1) is 5.82 Å². The highest BCUT2D eigenvalue weighted by Crippen LogP contribution is 2.31. The van der Waals surface area contributed by atoms with Crippen LogP contribution < -0.4 is 0 Å². The summed E-state index contributed by atoms with van der Waals surface area (Å²) in [6.45, 7) is 2.56. The van der Waals surface area contributed by atoms with Gasteiger partial charge in [-0.3, -0.25) is 4.79 Å². The van der Waals surface area contributed by atoms with E-state index in [1.165, 1.54) is 12.1 Å². The molecule has 0 N–H and O–H groups in total. The van der Waals surface area contributed by atoms with Gasteiger partial charge in [0.25, 0.3) is 5.91 Å². The number of carbonyl (C=O) groups is 1. The largest absolute Gasteiger partial charge is 0.330 e. The first kappa shape index (κ1) is 14.8. The second-order valence-electron chi connectivity index (χ2n) is 6.16. The number of para-hydroxylation sites is 1. The zero-order valence-corrected chi connectivity index (χ0v) is 13.4. The Balaban J connectivity index is 1.68. The topological polar surface area (TPSA) is 33.2 Å². The first-order valence-corrected chi connectivity index (χ1v) is 8.08. The van der Waals surface area contributed by atoms with E-state index in [2.05, 4.69) is 4.98 Å². The number of carbonyl (C=O) groups excluding carboxylic acids is 1. The minimum atomic E-state index is -0.265. The third-order valence-corrected chi connectivity index (χ3v) is 4.73. The number of fused-ring (bicyclic) bond motifs is 2. The van der Waals surface area contributed by atoms with Crippen molar-refractivity contribution in [3.8, 4) is 0 Å². The summed E-state index contributed by atoms with van der Waals surface area (Å²) in [6.07, 6.45) is 0.735. The average Bonchev–Trinajstić information content (AvgIpc) is 2.61. The molecule has 2 heterocycles. The molecule has 3 nitrogen and oxygen atoms in total. The summed E-state index contributed by atoms with van der Waals surface area (Å²) in [5.41, 5.74) is 3.23. The lowest BCUT2D eigenvalue weighted by Crippen LogP contribution is -2.39. The lowest BCUT2D eigenvalue weighted by atomic mass is 9.93. The molecule has 120 valence electrons. The van der Waals surface area contributed by atoms with Gasteiger partial charge < -0.3 is 4.90 Å². The van der Waals surface area contributed by atoms with Crippen LogP contribution in [0.5, 0.6) is 0 Å². The van der Waals surface area contributed by atoms with Gasteiger partial charge in [-0.15, -0.1) is 0 Å². The molecule has 1 atom stereocenters. The van der Waals surface area contributed by atoms with Gasteiger partial charge in [0.15, 0.2) is 0 Å². The van der Waals surface area contributed by atoms with Gasteiger partial charge in [-0.1, -0.05) is 30.3 Å². The van der Waals surface area contributed by atoms with Crippen molar-refractivity contribution in [1.29, 1.82) is 0 Å². The second-order valence-corrected chi connectivity index (χ2v) is 6.16. The van der Waals surface area contributed by atoms with Gasteiger partial charge in [-0.2, -0.15) is 0 Å². The van der Waals surface area contributed by atoms with E-state index in [9.17, 15) is 9.18 Å². The van der Waals surface area contributed by atoms with Crippen molar-refractivity contribution < 1.29 is 9.18 Å². The molecule has 0 fully saturated rings. The van der Waals surface area contributed by atoms with Crippen molar-refractivity contribution in [3.63, 3.8) is 0 Å². The summed E-state index contributed by atoms with van der Waals surface area (Å²) in [5.74, 6) is -0.373. The Labute approximate surface area is 139 Å². The van der Waals surface area contributed by atoms with Gasteiger partial charge in [0, 0.05) is 11.9 Å². The highest BCUT2D eigenvalue weighted by molar-refractivity contribution is 5.95. The molecule has 0 aliphatic carbocycles. The van der Waals surface area contributed by atoms with Crippen LogP contribution in [0.3, 0.4) is 0 Å². The number of benzene rings is 2. The molecule has 1 aliphatic rings. The van der Waals surface area contributed by atoms with Gasteiger partial charge in [0.05, 0.1) is 11.6 Å². The molecular weight excluding hydrogens is 303 g/mol. The first-order chi connectivity index (χ1) is 11.6. The lowest BCUT2D eigenvalue weighted by Gasteiger charge is -2.35. The smallest absolute Gasteiger partial charge is 0.272 e. The van der Waals surface area contributed by atoms with E-state index in [0.29, 0.717) is 12.2 Å². The molecule has 0 bridgehead atoms. The third kappa shape index (κ3) is 2.44. The van der Waals surface area contributed by atoms with Crippen LogP contribution in [-0.2, 0) is 6.42 Å². The maximum atomic E-state index is 13.6. The Kier molecular flexibility index (Phi) is 3.53. The van der Waals surface area contributed by atoms with Crippen molar-refractivity contribution in [2.45, 2.75) is 19.4 Å². The Morgan fingerprint density at radius 2 is 2.00 bits per heavy atom. The molecule has 0 saturated carbocycles. The summed E-state index contributed by atoms with van der Waals surface area (Å²) in [7, 11) is 0. The molecule has 3 aromatic rings. The van der Waals surface area contributed by atoms with Crippen LogP contribution in [0.1, 0.15) is 34.6 Å². The summed E-state index contributed by atoms with van der Waals surface area (Å²) < 4.78 is 13.6.